The average molecular weight is 455 g/mol. The van der Waals surface area contributed by atoms with Crippen LogP contribution in [0.5, 0.6) is 11.5 Å². The molecule has 0 saturated heterocycles. The Hall–Kier alpha value is -3.71. The Labute approximate surface area is 191 Å². The third-order valence-electron chi connectivity index (χ3n) is 4.77. The standard InChI is InChI=1S/C24H23ClN2O5/c1-30-18-8-3-15(4-9-18)23(16-5-10-19(31-2)11-6-16)27-22(28)14-32-24(29)20-12-7-17(25)13-21(20)26/h3-13,23H,14,26H2,1-2H3,(H,27,28). The lowest BCUT2D eigenvalue weighted by Crippen LogP contribution is -2.33. The highest BCUT2D eigenvalue weighted by atomic mass is 35.5. The SMILES string of the molecule is COc1ccc(C(NC(=O)COC(=O)c2ccc(Cl)cc2N)c2ccc(OC)cc2)cc1. The zero-order valence-electron chi connectivity index (χ0n) is 17.6. The van der Waals surface area contributed by atoms with Crippen LogP contribution in [-0.2, 0) is 9.53 Å². The van der Waals surface area contributed by atoms with E-state index < -0.39 is 24.5 Å². The highest BCUT2D eigenvalue weighted by molar-refractivity contribution is 6.31. The third-order valence-corrected chi connectivity index (χ3v) is 5.01. The summed E-state index contributed by atoms with van der Waals surface area (Å²) in [6, 6.07) is 18.6. The molecule has 0 unspecified atom stereocenters. The van der Waals surface area contributed by atoms with Crippen LogP contribution in [0.4, 0.5) is 5.69 Å². The Bertz CT molecular complexity index is 1040. The second-order valence-electron chi connectivity index (χ2n) is 6.85. The fraction of sp³-hybridized carbons (Fsp3) is 0.167. The highest BCUT2D eigenvalue weighted by Gasteiger charge is 2.19. The molecule has 0 aromatic heterocycles. The molecule has 32 heavy (non-hydrogen) atoms. The minimum Gasteiger partial charge on any atom is -0.497 e. The molecule has 0 saturated carbocycles. The lowest BCUT2D eigenvalue weighted by Gasteiger charge is -2.20. The topological polar surface area (TPSA) is 99.9 Å². The summed E-state index contributed by atoms with van der Waals surface area (Å²) >= 11 is 5.85. The minimum atomic E-state index is -0.709. The number of ether oxygens (including phenoxy) is 3. The first kappa shape index (κ1) is 23.0. The van der Waals surface area contributed by atoms with Crippen molar-refractivity contribution in [3.05, 3.63) is 88.4 Å². The van der Waals surface area contributed by atoms with E-state index in [9.17, 15) is 9.59 Å². The van der Waals surface area contributed by atoms with Crippen molar-refractivity contribution in [3.63, 3.8) is 0 Å². The molecule has 3 aromatic rings. The number of nitrogens with two attached hydrogens (primary N) is 1. The first-order chi connectivity index (χ1) is 15.4. The maximum Gasteiger partial charge on any atom is 0.340 e. The summed E-state index contributed by atoms with van der Waals surface area (Å²) in [6.07, 6.45) is 0. The Morgan fingerprint density at radius 3 is 1.91 bits per heavy atom. The zero-order valence-corrected chi connectivity index (χ0v) is 18.4. The van der Waals surface area contributed by atoms with Crippen LogP contribution in [0.25, 0.3) is 0 Å². The number of carbonyl (C=O) groups is 2. The molecular formula is C24H23ClN2O5. The van der Waals surface area contributed by atoms with Crippen LogP contribution in [0.2, 0.25) is 5.02 Å². The molecule has 0 aliphatic heterocycles. The van der Waals surface area contributed by atoms with Crippen molar-refractivity contribution in [1.82, 2.24) is 5.32 Å². The summed E-state index contributed by atoms with van der Waals surface area (Å²) < 4.78 is 15.6. The number of methoxy groups -OCH3 is 2. The van der Waals surface area contributed by atoms with E-state index in [0.717, 1.165) is 11.1 Å². The summed E-state index contributed by atoms with van der Waals surface area (Å²) in [6.45, 7) is -0.469. The van der Waals surface area contributed by atoms with Gasteiger partial charge in [-0.1, -0.05) is 35.9 Å². The average Bonchev–Trinajstić information content (AvgIpc) is 2.81. The number of anilines is 1. The molecule has 0 bridgehead atoms. The number of hydrogen-bond acceptors (Lipinski definition) is 6. The fourth-order valence-electron chi connectivity index (χ4n) is 3.08. The van der Waals surface area contributed by atoms with E-state index in [0.29, 0.717) is 16.5 Å². The van der Waals surface area contributed by atoms with Gasteiger partial charge < -0.3 is 25.3 Å². The van der Waals surface area contributed by atoms with Crippen LogP contribution < -0.4 is 20.5 Å². The quantitative estimate of drug-likeness (QED) is 0.394. The van der Waals surface area contributed by atoms with Gasteiger partial charge in [0.1, 0.15) is 11.5 Å². The van der Waals surface area contributed by atoms with E-state index in [4.69, 9.17) is 31.5 Å². The van der Waals surface area contributed by atoms with Crippen molar-refractivity contribution in [1.29, 1.82) is 0 Å². The van der Waals surface area contributed by atoms with Crippen LogP contribution >= 0.6 is 11.6 Å². The maximum atomic E-state index is 12.6. The molecule has 0 atom stereocenters. The van der Waals surface area contributed by atoms with Crippen LogP contribution in [0.3, 0.4) is 0 Å². The van der Waals surface area contributed by atoms with Gasteiger partial charge in [0.25, 0.3) is 5.91 Å². The van der Waals surface area contributed by atoms with Gasteiger partial charge in [-0.2, -0.15) is 0 Å². The number of nitrogens with one attached hydrogen (secondary N) is 1. The lowest BCUT2D eigenvalue weighted by molar-refractivity contribution is -0.124. The molecule has 0 radical (unpaired) electrons. The molecule has 3 rings (SSSR count). The van der Waals surface area contributed by atoms with E-state index in [1.54, 1.807) is 38.5 Å². The highest BCUT2D eigenvalue weighted by Crippen LogP contribution is 2.26. The van der Waals surface area contributed by atoms with Crippen molar-refractivity contribution in [2.45, 2.75) is 6.04 Å². The molecule has 1 amide bonds. The minimum absolute atomic E-state index is 0.143. The Morgan fingerprint density at radius 1 is 0.906 bits per heavy atom. The molecule has 0 heterocycles. The van der Waals surface area contributed by atoms with Crippen molar-refractivity contribution >= 4 is 29.2 Å². The van der Waals surface area contributed by atoms with Gasteiger partial charge in [-0.15, -0.1) is 0 Å². The van der Waals surface area contributed by atoms with Crippen molar-refractivity contribution in [3.8, 4) is 11.5 Å². The molecule has 166 valence electrons. The van der Waals surface area contributed by atoms with Gasteiger partial charge in [0, 0.05) is 10.7 Å². The number of hydrogen-bond donors (Lipinski definition) is 2. The summed E-state index contributed by atoms with van der Waals surface area (Å²) in [4.78, 5) is 24.9. The summed E-state index contributed by atoms with van der Waals surface area (Å²) in [5.41, 5.74) is 7.79. The summed E-state index contributed by atoms with van der Waals surface area (Å²) in [5.74, 6) is 0.216. The molecule has 8 heteroatoms. The second kappa shape index (κ2) is 10.5. The first-order valence-corrected chi connectivity index (χ1v) is 10.1. The van der Waals surface area contributed by atoms with E-state index >= 15 is 0 Å². The monoisotopic (exact) mass is 454 g/mol. The Balaban J connectivity index is 1.74. The Kier molecular flexibility index (Phi) is 7.57. The van der Waals surface area contributed by atoms with Gasteiger partial charge >= 0.3 is 5.97 Å². The van der Waals surface area contributed by atoms with Crippen molar-refractivity contribution in [2.75, 3.05) is 26.6 Å². The molecule has 7 nitrogen and oxygen atoms in total. The Morgan fingerprint density at radius 2 is 1.44 bits per heavy atom. The number of esters is 1. The molecule has 0 aliphatic carbocycles. The zero-order chi connectivity index (χ0) is 23.1. The normalized spacial score (nSPS) is 10.5. The van der Waals surface area contributed by atoms with E-state index in [1.807, 2.05) is 24.3 Å². The number of rotatable bonds is 8. The van der Waals surface area contributed by atoms with Crippen LogP contribution in [0.1, 0.15) is 27.5 Å². The fourth-order valence-corrected chi connectivity index (χ4v) is 3.26. The lowest BCUT2D eigenvalue weighted by atomic mass is 9.98. The van der Waals surface area contributed by atoms with E-state index in [-0.39, 0.29) is 11.3 Å². The second-order valence-corrected chi connectivity index (χ2v) is 7.29. The number of halogens is 1. The largest absolute Gasteiger partial charge is 0.497 e. The molecule has 3 aromatic carbocycles. The number of carbonyl (C=O) groups excluding carboxylic acids is 2. The van der Waals surface area contributed by atoms with Crippen LogP contribution in [0.15, 0.2) is 66.7 Å². The van der Waals surface area contributed by atoms with Gasteiger partial charge in [0.2, 0.25) is 0 Å². The third kappa shape index (κ3) is 5.70. The van der Waals surface area contributed by atoms with Crippen LogP contribution in [0, 0.1) is 0 Å². The summed E-state index contributed by atoms with van der Waals surface area (Å²) in [5, 5.41) is 3.31. The number of nitrogen functional groups attached to an aromatic ring is 1. The van der Waals surface area contributed by atoms with Gasteiger partial charge in [-0.3, -0.25) is 4.79 Å². The molecule has 0 fully saturated rings. The van der Waals surface area contributed by atoms with E-state index in [2.05, 4.69) is 5.32 Å². The number of benzene rings is 3. The predicted octanol–water partition coefficient (Wildman–Crippen LogP) is 4.00. The molecular weight excluding hydrogens is 432 g/mol. The van der Waals surface area contributed by atoms with Gasteiger partial charge in [0.15, 0.2) is 6.61 Å². The van der Waals surface area contributed by atoms with Gasteiger partial charge in [-0.25, -0.2) is 4.79 Å². The number of amides is 1. The van der Waals surface area contributed by atoms with Gasteiger partial charge in [-0.05, 0) is 53.6 Å². The summed E-state index contributed by atoms with van der Waals surface area (Å²) in [7, 11) is 3.17. The van der Waals surface area contributed by atoms with Crippen molar-refractivity contribution in [2.24, 2.45) is 0 Å². The molecule has 3 N–H and O–H groups in total. The van der Waals surface area contributed by atoms with Crippen LogP contribution in [-0.4, -0.2) is 32.7 Å². The molecule has 0 spiro atoms. The van der Waals surface area contributed by atoms with Gasteiger partial charge in [0.05, 0.1) is 25.8 Å². The first-order valence-electron chi connectivity index (χ1n) is 9.70. The smallest absolute Gasteiger partial charge is 0.340 e. The molecule has 0 aliphatic rings. The van der Waals surface area contributed by atoms with Crippen molar-refractivity contribution < 1.29 is 23.8 Å². The van der Waals surface area contributed by atoms with E-state index in [1.165, 1.54) is 18.2 Å². The maximum absolute atomic E-state index is 12.6. The predicted molar refractivity (Wildman–Crippen MR) is 122 cm³/mol.